The normalized spacial score (nSPS) is 11.0. The van der Waals surface area contributed by atoms with Crippen molar-refractivity contribution in [3.8, 4) is 22.8 Å². The first-order chi connectivity index (χ1) is 12.2. The molecule has 2 aromatic carbocycles. The molecule has 0 N–H and O–H groups in total. The Balaban J connectivity index is 2.01. The van der Waals surface area contributed by atoms with Gasteiger partial charge in [-0.1, -0.05) is 36.4 Å². The fourth-order valence-corrected chi connectivity index (χ4v) is 3.27. The summed E-state index contributed by atoms with van der Waals surface area (Å²) in [6.45, 7) is 1.98. The van der Waals surface area contributed by atoms with E-state index in [-0.39, 0.29) is 0 Å². The molecule has 0 aliphatic heterocycles. The molecule has 122 valence electrons. The molecule has 4 aromatic rings. The Bertz CT molecular complexity index is 1050. The van der Waals surface area contributed by atoms with E-state index < -0.39 is 0 Å². The lowest BCUT2D eigenvalue weighted by atomic mass is 10.1. The summed E-state index contributed by atoms with van der Waals surface area (Å²) in [5.41, 5.74) is 4.73. The molecule has 0 spiro atoms. The van der Waals surface area contributed by atoms with Crippen LogP contribution in [0, 0.1) is 6.92 Å². The molecule has 0 amide bonds. The van der Waals surface area contributed by atoms with E-state index in [0.717, 1.165) is 33.5 Å². The zero-order valence-corrected chi connectivity index (χ0v) is 14.9. The van der Waals surface area contributed by atoms with E-state index in [1.165, 1.54) is 4.90 Å². The zero-order chi connectivity index (χ0) is 17.2. The van der Waals surface area contributed by atoms with E-state index in [0.29, 0.717) is 5.82 Å². The van der Waals surface area contributed by atoms with E-state index in [9.17, 15) is 0 Å². The van der Waals surface area contributed by atoms with Crippen molar-refractivity contribution in [3.63, 3.8) is 0 Å². The summed E-state index contributed by atoms with van der Waals surface area (Å²) >= 11 is 1.71. The van der Waals surface area contributed by atoms with E-state index in [2.05, 4.69) is 41.6 Å². The maximum atomic E-state index is 4.86. The number of rotatable bonds is 3. The molecule has 0 fully saturated rings. The Hall–Kier alpha value is -2.72. The second-order valence-corrected chi connectivity index (χ2v) is 6.69. The molecule has 0 aliphatic carbocycles. The van der Waals surface area contributed by atoms with Gasteiger partial charge in [-0.05, 0) is 43.5 Å². The van der Waals surface area contributed by atoms with Crippen molar-refractivity contribution < 1.29 is 0 Å². The third-order valence-corrected chi connectivity index (χ3v) is 4.79. The lowest BCUT2D eigenvalue weighted by Gasteiger charge is -2.10. The summed E-state index contributed by atoms with van der Waals surface area (Å²) in [7, 11) is 0. The first-order valence-electron chi connectivity index (χ1n) is 8.10. The minimum atomic E-state index is 0.660. The number of pyridine rings is 1. The van der Waals surface area contributed by atoms with Crippen LogP contribution in [0.2, 0.25) is 0 Å². The highest BCUT2D eigenvalue weighted by Crippen LogP contribution is 2.30. The van der Waals surface area contributed by atoms with Gasteiger partial charge >= 0.3 is 0 Å². The molecule has 4 heteroatoms. The van der Waals surface area contributed by atoms with Gasteiger partial charge < -0.3 is 0 Å². The van der Waals surface area contributed by atoms with E-state index in [4.69, 9.17) is 9.97 Å². The minimum Gasteiger partial charge on any atom is -0.250 e. The molecule has 2 heterocycles. The smallest absolute Gasteiger partial charge is 0.179 e. The summed E-state index contributed by atoms with van der Waals surface area (Å²) in [4.78, 5) is 15.4. The number of aryl methyl sites for hydroxylation is 1. The molecule has 0 saturated heterocycles. The van der Waals surface area contributed by atoms with Gasteiger partial charge in [-0.25, -0.2) is 15.0 Å². The van der Waals surface area contributed by atoms with Crippen molar-refractivity contribution in [3.05, 3.63) is 72.4 Å². The molecule has 0 atom stereocenters. The van der Waals surface area contributed by atoms with Crippen LogP contribution in [-0.4, -0.2) is 21.2 Å². The van der Waals surface area contributed by atoms with E-state index in [1.807, 2.05) is 43.3 Å². The van der Waals surface area contributed by atoms with Gasteiger partial charge in [0.05, 0.1) is 11.2 Å². The van der Waals surface area contributed by atoms with Crippen molar-refractivity contribution in [1.29, 1.82) is 0 Å². The topological polar surface area (TPSA) is 38.7 Å². The first kappa shape index (κ1) is 15.8. The number of nitrogens with zero attached hydrogens (tertiary/aromatic N) is 3. The van der Waals surface area contributed by atoms with Crippen molar-refractivity contribution in [1.82, 2.24) is 15.0 Å². The third-order valence-electron chi connectivity index (χ3n) is 4.07. The molecule has 0 saturated carbocycles. The molecule has 4 rings (SSSR count). The quantitative estimate of drug-likeness (QED) is 0.468. The van der Waals surface area contributed by atoms with Crippen LogP contribution >= 0.6 is 11.8 Å². The summed E-state index contributed by atoms with van der Waals surface area (Å²) in [6.07, 6.45) is 2.07. The van der Waals surface area contributed by atoms with Crippen molar-refractivity contribution in [2.24, 2.45) is 0 Å². The monoisotopic (exact) mass is 343 g/mol. The van der Waals surface area contributed by atoms with Gasteiger partial charge in [-0.15, -0.1) is 11.8 Å². The predicted octanol–water partition coefficient (Wildman–Crippen LogP) is 5.39. The molecule has 25 heavy (non-hydrogen) atoms. The number of hydrogen-bond acceptors (Lipinski definition) is 4. The Morgan fingerprint density at radius 2 is 1.64 bits per heavy atom. The van der Waals surface area contributed by atoms with Crippen molar-refractivity contribution in [2.75, 3.05) is 6.26 Å². The average molecular weight is 343 g/mol. The molecule has 0 unspecified atom stereocenters. The summed E-state index contributed by atoms with van der Waals surface area (Å²) in [6, 6.07) is 22.5. The SMILES string of the molecule is CSc1ccc2c(-c3ccccc3)nc(-c3cccc(C)n3)nc2c1. The van der Waals surface area contributed by atoms with Gasteiger partial charge in [0.25, 0.3) is 0 Å². The Labute approximate surface area is 151 Å². The van der Waals surface area contributed by atoms with Gasteiger partial charge in [0.15, 0.2) is 5.82 Å². The fraction of sp³-hybridized carbons (Fsp3) is 0.0952. The maximum Gasteiger partial charge on any atom is 0.179 e. The van der Waals surface area contributed by atoms with Crippen LogP contribution in [0.4, 0.5) is 0 Å². The van der Waals surface area contributed by atoms with Crippen LogP contribution in [0.3, 0.4) is 0 Å². The first-order valence-corrected chi connectivity index (χ1v) is 9.32. The number of hydrogen-bond donors (Lipinski definition) is 0. The van der Waals surface area contributed by atoms with Gasteiger partial charge in [0.2, 0.25) is 0 Å². The Morgan fingerprint density at radius 3 is 2.40 bits per heavy atom. The molecule has 0 bridgehead atoms. The van der Waals surface area contributed by atoms with Crippen LogP contribution < -0.4 is 0 Å². The van der Waals surface area contributed by atoms with Crippen molar-refractivity contribution in [2.45, 2.75) is 11.8 Å². The highest BCUT2D eigenvalue weighted by molar-refractivity contribution is 7.98. The summed E-state index contributed by atoms with van der Waals surface area (Å²) in [5, 5.41) is 1.06. The Morgan fingerprint density at radius 1 is 0.800 bits per heavy atom. The largest absolute Gasteiger partial charge is 0.250 e. The molecule has 3 nitrogen and oxygen atoms in total. The van der Waals surface area contributed by atoms with Gasteiger partial charge in [0.1, 0.15) is 5.69 Å². The third kappa shape index (κ3) is 3.13. The average Bonchev–Trinajstić information content (AvgIpc) is 2.67. The summed E-state index contributed by atoms with van der Waals surface area (Å²) in [5.74, 6) is 0.660. The molecule has 0 radical (unpaired) electrons. The summed E-state index contributed by atoms with van der Waals surface area (Å²) < 4.78 is 0. The van der Waals surface area contributed by atoms with Crippen molar-refractivity contribution >= 4 is 22.7 Å². The molecule has 0 aliphatic rings. The standard InChI is InChI=1S/C21H17N3S/c1-14-7-6-10-18(22-14)21-23-19-13-16(25-2)11-12-17(19)20(24-21)15-8-4-3-5-9-15/h3-13H,1-2H3. The van der Waals surface area contributed by atoms with Crippen LogP contribution in [-0.2, 0) is 0 Å². The van der Waals surface area contributed by atoms with Crippen LogP contribution in [0.15, 0.2) is 71.6 Å². The minimum absolute atomic E-state index is 0.660. The Kier molecular flexibility index (Phi) is 4.20. The highest BCUT2D eigenvalue weighted by atomic mass is 32.2. The molecular weight excluding hydrogens is 326 g/mol. The van der Waals surface area contributed by atoms with Crippen LogP contribution in [0.25, 0.3) is 33.7 Å². The number of fused-ring (bicyclic) bond motifs is 1. The van der Waals surface area contributed by atoms with E-state index in [1.54, 1.807) is 11.8 Å². The number of benzene rings is 2. The fourth-order valence-electron chi connectivity index (χ4n) is 2.83. The maximum absolute atomic E-state index is 4.86. The van der Waals surface area contributed by atoms with Gasteiger partial charge in [-0.2, -0.15) is 0 Å². The molecular formula is C21H17N3S. The lowest BCUT2D eigenvalue weighted by Crippen LogP contribution is -1.97. The second kappa shape index (κ2) is 6.65. The number of aromatic nitrogens is 3. The van der Waals surface area contributed by atoms with Gasteiger partial charge in [0, 0.05) is 21.5 Å². The highest BCUT2D eigenvalue weighted by Gasteiger charge is 2.12. The lowest BCUT2D eigenvalue weighted by molar-refractivity contribution is 1.14. The number of thioether (sulfide) groups is 1. The second-order valence-electron chi connectivity index (χ2n) is 5.81. The van der Waals surface area contributed by atoms with Crippen LogP contribution in [0.1, 0.15) is 5.69 Å². The molecule has 2 aromatic heterocycles. The van der Waals surface area contributed by atoms with Crippen LogP contribution in [0.5, 0.6) is 0 Å². The van der Waals surface area contributed by atoms with Gasteiger partial charge in [-0.3, -0.25) is 0 Å². The zero-order valence-electron chi connectivity index (χ0n) is 14.1. The van der Waals surface area contributed by atoms with E-state index >= 15 is 0 Å². The predicted molar refractivity (Wildman–Crippen MR) is 105 cm³/mol.